The first-order valence-electron chi connectivity index (χ1n) is 4.67. The van der Waals surface area contributed by atoms with E-state index in [4.69, 9.17) is 9.84 Å². The van der Waals surface area contributed by atoms with Crippen LogP contribution in [0.25, 0.3) is 0 Å². The number of rotatable bonds is 7. The quantitative estimate of drug-likeness (QED) is 0.646. The van der Waals surface area contributed by atoms with Gasteiger partial charge in [-0.15, -0.1) is 0 Å². The van der Waals surface area contributed by atoms with Gasteiger partial charge in [0, 0.05) is 19.7 Å². The van der Waals surface area contributed by atoms with Gasteiger partial charge in [0.15, 0.2) is 5.75 Å². The Balaban J connectivity index is 2.65. The molecule has 0 aromatic carbocycles. The maximum absolute atomic E-state index is 11.6. The van der Waals surface area contributed by atoms with E-state index in [1.165, 1.54) is 11.4 Å². The van der Waals surface area contributed by atoms with Crippen molar-refractivity contribution in [1.29, 1.82) is 0 Å². The van der Waals surface area contributed by atoms with Gasteiger partial charge in [0.05, 0.1) is 6.61 Å². The van der Waals surface area contributed by atoms with Crippen molar-refractivity contribution in [2.45, 2.75) is 18.9 Å². The van der Waals surface area contributed by atoms with Crippen molar-refractivity contribution in [3.8, 4) is 0 Å². The van der Waals surface area contributed by atoms with E-state index in [-0.39, 0.29) is 19.2 Å². The number of sulfonamides is 1. The van der Waals surface area contributed by atoms with Crippen LogP contribution in [0, 0.1) is 0 Å². The maximum Gasteiger partial charge on any atom is 0.320 e. The Hall–Kier alpha value is -0.660. The van der Waals surface area contributed by atoms with Crippen LogP contribution in [-0.2, 0) is 19.6 Å². The number of ether oxygens (including phenoxy) is 1. The molecule has 88 valence electrons. The number of carboxylic acids is 1. The first-order chi connectivity index (χ1) is 6.97. The molecule has 1 aliphatic carbocycles. The summed E-state index contributed by atoms with van der Waals surface area (Å²) in [5.74, 6) is -2.16. The number of methoxy groups -OCH3 is 1. The number of aliphatic carboxylic acids is 1. The zero-order valence-electron chi connectivity index (χ0n) is 8.55. The van der Waals surface area contributed by atoms with Crippen LogP contribution in [0.2, 0.25) is 0 Å². The molecule has 0 unspecified atom stereocenters. The summed E-state index contributed by atoms with van der Waals surface area (Å²) in [5.41, 5.74) is 0. The van der Waals surface area contributed by atoms with E-state index in [0.717, 1.165) is 12.8 Å². The van der Waals surface area contributed by atoms with Gasteiger partial charge in [0.2, 0.25) is 10.0 Å². The van der Waals surface area contributed by atoms with Crippen molar-refractivity contribution in [1.82, 2.24) is 4.31 Å². The average molecular weight is 237 g/mol. The lowest BCUT2D eigenvalue weighted by molar-refractivity contribution is -0.134. The van der Waals surface area contributed by atoms with Gasteiger partial charge in [0.25, 0.3) is 0 Å². The fourth-order valence-corrected chi connectivity index (χ4v) is 2.83. The molecule has 6 nitrogen and oxygen atoms in total. The fourth-order valence-electron chi connectivity index (χ4n) is 1.33. The number of hydrogen-bond acceptors (Lipinski definition) is 4. The third-order valence-corrected chi connectivity index (χ3v) is 3.94. The van der Waals surface area contributed by atoms with Crippen LogP contribution in [0.4, 0.5) is 0 Å². The highest BCUT2D eigenvalue weighted by atomic mass is 32.2. The number of nitrogens with zero attached hydrogens (tertiary/aromatic N) is 1. The molecule has 1 aliphatic rings. The van der Waals surface area contributed by atoms with Gasteiger partial charge < -0.3 is 9.84 Å². The van der Waals surface area contributed by atoms with Crippen LogP contribution in [0.5, 0.6) is 0 Å². The van der Waals surface area contributed by atoms with Crippen molar-refractivity contribution >= 4 is 16.0 Å². The molecule has 1 fully saturated rings. The van der Waals surface area contributed by atoms with E-state index in [9.17, 15) is 13.2 Å². The van der Waals surface area contributed by atoms with Crippen LogP contribution in [0.3, 0.4) is 0 Å². The second-order valence-corrected chi connectivity index (χ2v) is 5.41. The summed E-state index contributed by atoms with van der Waals surface area (Å²) in [4.78, 5) is 10.4. The first-order valence-corrected chi connectivity index (χ1v) is 6.28. The van der Waals surface area contributed by atoms with Crippen molar-refractivity contribution in [3.63, 3.8) is 0 Å². The molecular weight excluding hydrogens is 222 g/mol. The summed E-state index contributed by atoms with van der Waals surface area (Å²) in [5, 5.41) is 8.49. The van der Waals surface area contributed by atoms with Gasteiger partial charge in [-0.05, 0) is 12.8 Å². The van der Waals surface area contributed by atoms with Crippen molar-refractivity contribution in [2.24, 2.45) is 0 Å². The van der Waals surface area contributed by atoms with Gasteiger partial charge in [0.1, 0.15) is 0 Å². The normalized spacial score (nSPS) is 16.9. The Bertz CT molecular complexity index is 322. The Morgan fingerprint density at radius 1 is 1.53 bits per heavy atom. The molecule has 0 bridgehead atoms. The third kappa shape index (κ3) is 3.77. The summed E-state index contributed by atoms with van der Waals surface area (Å²) < 4.78 is 29.3. The van der Waals surface area contributed by atoms with E-state index in [0.29, 0.717) is 0 Å². The predicted molar refractivity (Wildman–Crippen MR) is 53.0 cm³/mol. The van der Waals surface area contributed by atoms with Gasteiger partial charge in [-0.3, -0.25) is 4.79 Å². The monoisotopic (exact) mass is 237 g/mol. The molecule has 1 N–H and O–H groups in total. The van der Waals surface area contributed by atoms with E-state index in [1.807, 2.05) is 0 Å². The second-order valence-electron chi connectivity index (χ2n) is 3.48. The van der Waals surface area contributed by atoms with Crippen LogP contribution < -0.4 is 0 Å². The maximum atomic E-state index is 11.6. The van der Waals surface area contributed by atoms with Gasteiger partial charge >= 0.3 is 5.97 Å². The molecule has 0 amide bonds. The van der Waals surface area contributed by atoms with E-state index in [1.54, 1.807) is 0 Å². The number of carbonyl (C=O) groups is 1. The zero-order chi connectivity index (χ0) is 11.5. The Morgan fingerprint density at radius 2 is 2.13 bits per heavy atom. The summed E-state index contributed by atoms with van der Waals surface area (Å²) in [7, 11) is -2.20. The minimum absolute atomic E-state index is 0.0236. The highest BCUT2D eigenvalue weighted by Crippen LogP contribution is 2.29. The number of hydrogen-bond donors (Lipinski definition) is 1. The number of carboxylic acid groups (broad SMARTS) is 1. The van der Waals surface area contributed by atoms with Crippen LogP contribution in [0.15, 0.2) is 0 Å². The van der Waals surface area contributed by atoms with E-state index < -0.39 is 21.7 Å². The molecule has 0 saturated heterocycles. The zero-order valence-corrected chi connectivity index (χ0v) is 9.37. The van der Waals surface area contributed by atoms with Crippen LogP contribution in [0.1, 0.15) is 12.8 Å². The topological polar surface area (TPSA) is 83.9 Å². The van der Waals surface area contributed by atoms with Crippen LogP contribution in [-0.4, -0.2) is 55.9 Å². The lowest BCUT2D eigenvalue weighted by Crippen LogP contribution is -2.39. The SMILES string of the molecule is COCCN(C1CC1)S(=O)(=O)CC(=O)O. The summed E-state index contributed by atoms with van der Waals surface area (Å²) in [6.07, 6.45) is 1.62. The molecule has 7 heteroatoms. The van der Waals surface area contributed by atoms with Gasteiger partial charge in [-0.2, -0.15) is 4.31 Å². The van der Waals surface area contributed by atoms with Gasteiger partial charge in [-0.1, -0.05) is 0 Å². The second kappa shape index (κ2) is 4.91. The molecule has 0 atom stereocenters. The summed E-state index contributed by atoms with van der Waals surface area (Å²) >= 11 is 0. The minimum Gasteiger partial charge on any atom is -0.480 e. The Morgan fingerprint density at radius 3 is 2.53 bits per heavy atom. The summed E-state index contributed by atoms with van der Waals surface area (Å²) in [6, 6.07) is -0.0236. The van der Waals surface area contributed by atoms with Crippen LogP contribution >= 0.6 is 0 Å². The molecular formula is C8H15NO5S. The van der Waals surface area contributed by atoms with Crippen molar-refractivity contribution in [3.05, 3.63) is 0 Å². The lowest BCUT2D eigenvalue weighted by atomic mass is 10.6. The molecule has 0 spiro atoms. The molecule has 0 aliphatic heterocycles. The smallest absolute Gasteiger partial charge is 0.320 e. The third-order valence-electron chi connectivity index (χ3n) is 2.13. The molecule has 1 rings (SSSR count). The standard InChI is InChI=1S/C8H15NO5S/c1-14-5-4-9(7-2-3-7)15(12,13)6-8(10)11/h7H,2-6H2,1H3,(H,10,11). The Kier molecular flexibility index (Phi) is 4.06. The highest BCUT2D eigenvalue weighted by Gasteiger charge is 2.37. The first kappa shape index (κ1) is 12.4. The van der Waals surface area contributed by atoms with E-state index >= 15 is 0 Å². The van der Waals surface area contributed by atoms with Crippen molar-refractivity contribution in [2.75, 3.05) is 26.0 Å². The molecule has 0 radical (unpaired) electrons. The predicted octanol–water partition coefficient (Wildman–Crippen LogP) is -0.488. The molecule has 0 heterocycles. The van der Waals surface area contributed by atoms with E-state index in [2.05, 4.69) is 0 Å². The molecule has 0 aromatic heterocycles. The molecule has 0 aromatic rings. The minimum atomic E-state index is -3.68. The lowest BCUT2D eigenvalue weighted by Gasteiger charge is -2.20. The largest absolute Gasteiger partial charge is 0.480 e. The van der Waals surface area contributed by atoms with Crippen molar-refractivity contribution < 1.29 is 23.1 Å². The summed E-state index contributed by atoms with van der Waals surface area (Å²) in [6.45, 7) is 0.520. The molecule has 1 saturated carbocycles. The fraction of sp³-hybridized carbons (Fsp3) is 0.875. The highest BCUT2D eigenvalue weighted by molar-refractivity contribution is 7.89. The Labute approximate surface area is 88.9 Å². The molecule has 15 heavy (non-hydrogen) atoms. The average Bonchev–Trinajstić information content (AvgIpc) is 2.85. The van der Waals surface area contributed by atoms with Gasteiger partial charge in [-0.25, -0.2) is 8.42 Å².